The Kier molecular flexibility index (Phi) is 3.64. The van der Waals surface area contributed by atoms with E-state index in [-0.39, 0.29) is 12.3 Å². The number of nitrogens with one attached hydrogen (secondary N) is 1. The molecule has 0 saturated heterocycles. The second-order valence-corrected chi connectivity index (χ2v) is 6.51. The Balaban J connectivity index is 1.75. The van der Waals surface area contributed by atoms with Crippen LogP contribution in [0, 0.1) is 23.2 Å². The van der Waals surface area contributed by atoms with Crippen LogP contribution in [0.1, 0.15) is 46.0 Å². The van der Waals surface area contributed by atoms with Gasteiger partial charge in [0.15, 0.2) is 0 Å². The van der Waals surface area contributed by atoms with Gasteiger partial charge in [0.05, 0.1) is 5.41 Å². The molecular weight excluding hydrogens is 230 g/mol. The minimum absolute atomic E-state index is 0.0599. The smallest absolute Gasteiger partial charge is 0.309 e. The normalized spacial score (nSPS) is 19.9. The lowest BCUT2D eigenvalue weighted by Gasteiger charge is -2.20. The van der Waals surface area contributed by atoms with E-state index >= 15 is 0 Å². The molecule has 2 aliphatic carbocycles. The van der Waals surface area contributed by atoms with Crippen LogP contribution in [0.5, 0.6) is 0 Å². The highest BCUT2D eigenvalue weighted by Crippen LogP contribution is 2.48. The number of aliphatic carboxylic acids is 1. The van der Waals surface area contributed by atoms with Crippen molar-refractivity contribution >= 4 is 11.9 Å². The minimum atomic E-state index is -0.973. The number of hydrogen-bond acceptors (Lipinski definition) is 2. The summed E-state index contributed by atoms with van der Waals surface area (Å²) in [7, 11) is 0. The van der Waals surface area contributed by atoms with Gasteiger partial charge >= 0.3 is 5.97 Å². The summed E-state index contributed by atoms with van der Waals surface area (Å²) in [6.45, 7) is 3.92. The van der Waals surface area contributed by atoms with Gasteiger partial charge in [-0.2, -0.15) is 0 Å². The van der Waals surface area contributed by atoms with Crippen molar-refractivity contribution in [1.82, 2.24) is 5.32 Å². The Morgan fingerprint density at radius 2 is 1.72 bits per heavy atom. The van der Waals surface area contributed by atoms with E-state index in [1.54, 1.807) is 13.8 Å². The molecule has 0 unspecified atom stereocenters. The molecule has 2 rings (SSSR count). The highest BCUT2D eigenvalue weighted by molar-refractivity contribution is 5.84. The topological polar surface area (TPSA) is 66.4 Å². The summed E-state index contributed by atoms with van der Waals surface area (Å²) in [5, 5.41) is 11.9. The number of rotatable bonds is 7. The van der Waals surface area contributed by atoms with Crippen LogP contribution in [-0.4, -0.2) is 23.5 Å². The van der Waals surface area contributed by atoms with Gasteiger partial charge in [0.1, 0.15) is 0 Å². The van der Waals surface area contributed by atoms with Crippen molar-refractivity contribution in [1.29, 1.82) is 0 Å². The SMILES string of the molecule is CC(C)(CC(=O)NCC(C1CC1)C1CC1)C(=O)O. The zero-order valence-electron chi connectivity index (χ0n) is 11.2. The summed E-state index contributed by atoms with van der Waals surface area (Å²) < 4.78 is 0. The monoisotopic (exact) mass is 253 g/mol. The van der Waals surface area contributed by atoms with Gasteiger partial charge in [0.2, 0.25) is 5.91 Å². The summed E-state index contributed by atoms with van der Waals surface area (Å²) in [6.07, 6.45) is 5.27. The number of carboxylic acid groups (broad SMARTS) is 1. The first-order valence-electron chi connectivity index (χ1n) is 6.90. The fourth-order valence-electron chi connectivity index (χ4n) is 2.54. The lowest BCUT2D eigenvalue weighted by atomic mass is 9.89. The summed E-state index contributed by atoms with van der Waals surface area (Å²) in [5.41, 5.74) is -0.973. The first-order valence-corrected chi connectivity index (χ1v) is 6.90. The molecule has 0 radical (unpaired) electrons. The van der Waals surface area contributed by atoms with Crippen LogP contribution < -0.4 is 5.32 Å². The van der Waals surface area contributed by atoms with Crippen LogP contribution in [0.25, 0.3) is 0 Å². The molecule has 0 aromatic carbocycles. The Morgan fingerprint density at radius 1 is 1.22 bits per heavy atom. The maximum atomic E-state index is 11.8. The second-order valence-electron chi connectivity index (χ2n) is 6.51. The standard InChI is InChI=1S/C14H23NO3/c1-14(2,13(17)18)7-12(16)15-8-11(9-3-4-9)10-5-6-10/h9-11H,3-8H2,1-2H3,(H,15,16)(H,17,18). The number of hydrogen-bond donors (Lipinski definition) is 2. The lowest BCUT2D eigenvalue weighted by molar-refractivity contribution is -0.149. The molecule has 0 bridgehead atoms. The molecule has 0 heterocycles. The van der Waals surface area contributed by atoms with E-state index < -0.39 is 11.4 Å². The van der Waals surface area contributed by atoms with E-state index in [4.69, 9.17) is 5.11 Å². The van der Waals surface area contributed by atoms with Crippen molar-refractivity contribution in [3.63, 3.8) is 0 Å². The summed E-state index contributed by atoms with van der Waals surface area (Å²) in [5.74, 6) is 1.21. The molecule has 0 aromatic heterocycles. The first kappa shape index (κ1) is 13.4. The van der Waals surface area contributed by atoms with Crippen molar-refractivity contribution in [2.24, 2.45) is 23.2 Å². The third kappa shape index (κ3) is 3.47. The molecular formula is C14H23NO3. The molecule has 2 saturated carbocycles. The number of carbonyl (C=O) groups excluding carboxylic acids is 1. The average Bonchev–Trinajstić information content (AvgIpc) is 3.12. The molecule has 0 atom stereocenters. The van der Waals surface area contributed by atoms with Crippen LogP contribution in [0.2, 0.25) is 0 Å². The van der Waals surface area contributed by atoms with Crippen molar-refractivity contribution in [3.05, 3.63) is 0 Å². The summed E-state index contributed by atoms with van der Waals surface area (Å²) in [4.78, 5) is 22.7. The van der Waals surface area contributed by atoms with Crippen molar-refractivity contribution in [2.45, 2.75) is 46.0 Å². The summed E-state index contributed by atoms with van der Waals surface area (Å²) >= 11 is 0. The molecule has 1 amide bonds. The van der Waals surface area contributed by atoms with Crippen molar-refractivity contribution in [2.75, 3.05) is 6.54 Å². The van der Waals surface area contributed by atoms with Gasteiger partial charge in [0, 0.05) is 13.0 Å². The largest absolute Gasteiger partial charge is 0.481 e. The molecule has 0 aromatic rings. The molecule has 4 nitrogen and oxygen atoms in total. The van der Waals surface area contributed by atoms with Gasteiger partial charge in [0.25, 0.3) is 0 Å². The van der Waals surface area contributed by atoms with Gasteiger partial charge in [-0.3, -0.25) is 9.59 Å². The number of carbonyl (C=O) groups is 2. The quantitative estimate of drug-likeness (QED) is 0.729. The maximum absolute atomic E-state index is 11.8. The minimum Gasteiger partial charge on any atom is -0.481 e. The Labute approximate surface area is 108 Å². The summed E-state index contributed by atoms with van der Waals surface area (Å²) in [6, 6.07) is 0. The van der Waals surface area contributed by atoms with Crippen molar-refractivity contribution in [3.8, 4) is 0 Å². The molecule has 4 heteroatoms. The van der Waals surface area contributed by atoms with E-state index in [9.17, 15) is 9.59 Å². The van der Waals surface area contributed by atoms with Gasteiger partial charge < -0.3 is 10.4 Å². The molecule has 2 fully saturated rings. The molecule has 0 spiro atoms. The van der Waals surface area contributed by atoms with Gasteiger partial charge in [-0.1, -0.05) is 0 Å². The van der Waals surface area contributed by atoms with Gasteiger partial charge in [-0.25, -0.2) is 0 Å². The van der Waals surface area contributed by atoms with Gasteiger partial charge in [-0.15, -0.1) is 0 Å². The van der Waals surface area contributed by atoms with Crippen LogP contribution in [0.3, 0.4) is 0 Å². The third-order valence-corrected chi connectivity index (χ3v) is 4.17. The number of carboxylic acids is 1. The van der Waals surface area contributed by atoms with Crippen LogP contribution in [0.15, 0.2) is 0 Å². The Hall–Kier alpha value is -1.06. The van der Waals surface area contributed by atoms with E-state index in [0.717, 1.165) is 18.4 Å². The van der Waals surface area contributed by atoms with Crippen LogP contribution >= 0.6 is 0 Å². The molecule has 0 aliphatic heterocycles. The van der Waals surface area contributed by atoms with E-state index in [0.29, 0.717) is 5.92 Å². The zero-order chi connectivity index (χ0) is 13.3. The maximum Gasteiger partial charge on any atom is 0.309 e. The highest BCUT2D eigenvalue weighted by atomic mass is 16.4. The zero-order valence-corrected chi connectivity index (χ0v) is 11.2. The third-order valence-electron chi connectivity index (χ3n) is 4.17. The number of amides is 1. The predicted octanol–water partition coefficient (Wildman–Crippen LogP) is 2.04. The van der Waals surface area contributed by atoms with Gasteiger partial charge in [-0.05, 0) is 57.3 Å². The molecule has 102 valence electrons. The van der Waals surface area contributed by atoms with Crippen molar-refractivity contribution < 1.29 is 14.7 Å². The second kappa shape index (κ2) is 4.90. The van der Waals surface area contributed by atoms with Crippen LogP contribution in [-0.2, 0) is 9.59 Å². The first-order chi connectivity index (χ1) is 8.40. The van der Waals surface area contributed by atoms with E-state index in [2.05, 4.69) is 5.32 Å². The Morgan fingerprint density at radius 3 is 2.11 bits per heavy atom. The van der Waals surface area contributed by atoms with E-state index in [1.807, 2.05) is 0 Å². The van der Waals surface area contributed by atoms with E-state index in [1.165, 1.54) is 25.7 Å². The van der Waals surface area contributed by atoms with Crippen LogP contribution in [0.4, 0.5) is 0 Å². The average molecular weight is 253 g/mol. The molecule has 2 N–H and O–H groups in total. The fraction of sp³-hybridized carbons (Fsp3) is 0.857. The molecule has 18 heavy (non-hydrogen) atoms. The Bertz CT molecular complexity index is 331. The lowest BCUT2D eigenvalue weighted by Crippen LogP contribution is -2.36. The highest BCUT2D eigenvalue weighted by Gasteiger charge is 2.41. The predicted molar refractivity (Wildman–Crippen MR) is 68.0 cm³/mol. The fourth-order valence-corrected chi connectivity index (χ4v) is 2.54. The molecule has 2 aliphatic rings.